The number of aryl methyl sites for hydroxylation is 1. The van der Waals surface area contributed by atoms with Gasteiger partial charge in [0.15, 0.2) is 5.75 Å². The van der Waals surface area contributed by atoms with Gasteiger partial charge in [-0.2, -0.15) is 4.57 Å². The van der Waals surface area contributed by atoms with Gasteiger partial charge in [-0.25, -0.2) is 0 Å². The summed E-state index contributed by atoms with van der Waals surface area (Å²) in [5.74, 6) is 3.47. The summed E-state index contributed by atoms with van der Waals surface area (Å²) >= 11 is 0. The summed E-state index contributed by atoms with van der Waals surface area (Å²) in [5.41, 5.74) is 7.38. The van der Waals surface area contributed by atoms with Crippen LogP contribution in [0.3, 0.4) is 0 Å². The van der Waals surface area contributed by atoms with Crippen LogP contribution in [-0.2, 0) is 6.54 Å². The number of oxazole rings is 1. The number of benzene rings is 2. The van der Waals surface area contributed by atoms with Crippen LogP contribution >= 0.6 is 0 Å². The van der Waals surface area contributed by atoms with E-state index in [0.29, 0.717) is 5.92 Å². The van der Waals surface area contributed by atoms with E-state index >= 15 is 0 Å². The number of nitrogens with zero attached hydrogens (tertiary/aromatic N) is 2. The first kappa shape index (κ1) is 21.0. The fraction of sp³-hybridized carbons (Fsp3) is 0.300. The minimum absolute atomic E-state index is 0.650. The molecule has 34 heavy (non-hydrogen) atoms. The maximum absolute atomic E-state index is 6.20. The Bertz CT molecular complexity index is 1370. The van der Waals surface area contributed by atoms with Crippen LogP contribution in [-0.4, -0.2) is 6.54 Å². The highest BCUT2D eigenvalue weighted by molar-refractivity contribution is 5.70. The molecule has 0 spiro atoms. The largest absolute Gasteiger partial charge is 0.439 e. The molecule has 3 aliphatic rings. The molecule has 2 heterocycles. The maximum atomic E-state index is 6.20. The molecule has 172 valence electrons. The molecule has 0 fully saturated rings. The highest BCUT2D eigenvalue weighted by Gasteiger charge is 2.27. The molecule has 1 unspecified atom stereocenters. The first-order valence-corrected chi connectivity index (χ1v) is 12.5. The topological polar surface area (TPSA) is 29.5 Å². The zero-order valence-electron chi connectivity index (χ0n) is 20.0. The van der Waals surface area contributed by atoms with Crippen LogP contribution in [0.5, 0.6) is 5.75 Å². The first-order chi connectivity index (χ1) is 16.7. The summed E-state index contributed by atoms with van der Waals surface area (Å²) in [5, 5.41) is 0. The third kappa shape index (κ3) is 3.67. The SMILES string of the molecule is CCN1C(=CC2=CC3=CC(=Cc4oc5ccccc5[n+]4CC)CCC3CC2)Oc2ccccc21. The van der Waals surface area contributed by atoms with Gasteiger partial charge in [0.25, 0.3) is 5.52 Å². The summed E-state index contributed by atoms with van der Waals surface area (Å²) in [4.78, 5) is 2.26. The summed E-state index contributed by atoms with van der Waals surface area (Å²) in [6, 6.07) is 16.6. The molecule has 0 saturated carbocycles. The summed E-state index contributed by atoms with van der Waals surface area (Å²) in [6.07, 6.45) is 13.9. The minimum atomic E-state index is 0.650. The molecule has 0 amide bonds. The quantitative estimate of drug-likeness (QED) is 0.402. The molecule has 6 rings (SSSR count). The second-order valence-electron chi connectivity index (χ2n) is 9.31. The van der Waals surface area contributed by atoms with Crippen molar-refractivity contribution in [1.29, 1.82) is 0 Å². The first-order valence-electron chi connectivity index (χ1n) is 12.5. The summed E-state index contributed by atoms with van der Waals surface area (Å²) < 4.78 is 14.7. The Morgan fingerprint density at radius 2 is 1.79 bits per heavy atom. The molecule has 0 radical (unpaired) electrons. The molecular formula is C30H31N2O2+. The van der Waals surface area contributed by atoms with Crippen molar-refractivity contribution < 1.29 is 13.7 Å². The molecule has 2 aromatic carbocycles. The lowest BCUT2D eigenvalue weighted by atomic mass is 9.77. The van der Waals surface area contributed by atoms with Crippen molar-refractivity contribution in [2.24, 2.45) is 5.92 Å². The van der Waals surface area contributed by atoms with E-state index in [0.717, 1.165) is 60.2 Å². The molecule has 2 aliphatic carbocycles. The van der Waals surface area contributed by atoms with Gasteiger partial charge >= 0.3 is 5.89 Å². The molecule has 0 N–H and O–H groups in total. The predicted octanol–water partition coefficient (Wildman–Crippen LogP) is 6.94. The van der Waals surface area contributed by atoms with E-state index in [-0.39, 0.29) is 0 Å². The predicted molar refractivity (Wildman–Crippen MR) is 136 cm³/mol. The number of ether oxygens (including phenoxy) is 1. The number of allylic oxidation sites excluding steroid dienone is 6. The second kappa shape index (κ2) is 8.68. The highest BCUT2D eigenvalue weighted by atomic mass is 16.5. The van der Waals surface area contributed by atoms with E-state index in [1.54, 1.807) is 0 Å². The fourth-order valence-corrected chi connectivity index (χ4v) is 5.53. The van der Waals surface area contributed by atoms with Crippen LogP contribution < -0.4 is 14.2 Å². The normalized spacial score (nSPS) is 21.9. The number of anilines is 1. The number of aromatic nitrogens is 1. The lowest BCUT2D eigenvalue weighted by molar-refractivity contribution is -0.674. The van der Waals surface area contributed by atoms with Crippen LogP contribution in [0, 0.1) is 5.92 Å². The van der Waals surface area contributed by atoms with Gasteiger partial charge in [0, 0.05) is 18.7 Å². The van der Waals surface area contributed by atoms with Gasteiger partial charge in [0.1, 0.15) is 6.54 Å². The zero-order valence-corrected chi connectivity index (χ0v) is 20.0. The van der Waals surface area contributed by atoms with Crippen molar-refractivity contribution in [2.75, 3.05) is 11.4 Å². The molecule has 1 atom stereocenters. The van der Waals surface area contributed by atoms with Crippen LogP contribution in [0.2, 0.25) is 0 Å². The van der Waals surface area contributed by atoms with Gasteiger partial charge in [0.2, 0.25) is 11.5 Å². The monoisotopic (exact) mass is 451 g/mol. The van der Waals surface area contributed by atoms with Crippen molar-refractivity contribution in [2.45, 2.75) is 46.1 Å². The van der Waals surface area contributed by atoms with Gasteiger partial charge in [0.05, 0.1) is 11.8 Å². The van der Waals surface area contributed by atoms with Crippen LogP contribution in [0.1, 0.15) is 45.4 Å². The number of rotatable bonds is 4. The highest BCUT2D eigenvalue weighted by Crippen LogP contribution is 2.41. The van der Waals surface area contributed by atoms with Gasteiger partial charge in [-0.05, 0) is 80.4 Å². The molecule has 4 heteroatoms. The molecule has 0 bridgehead atoms. The number of para-hydroxylation sites is 4. The van der Waals surface area contributed by atoms with Gasteiger partial charge < -0.3 is 14.1 Å². The molecule has 0 saturated heterocycles. The van der Waals surface area contributed by atoms with Crippen LogP contribution in [0.25, 0.3) is 17.2 Å². The Balaban J connectivity index is 1.32. The Hall–Kier alpha value is -3.53. The lowest BCUT2D eigenvalue weighted by Gasteiger charge is -2.28. The smallest absolute Gasteiger partial charge is 0.374 e. The number of hydrogen-bond donors (Lipinski definition) is 0. The molecule has 1 aliphatic heterocycles. The Morgan fingerprint density at radius 1 is 0.971 bits per heavy atom. The van der Waals surface area contributed by atoms with E-state index in [2.05, 4.69) is 71.9 Å². The van der Waals surface area contributed by atoms with E-state index in [1.807, 2.05) is 24.3 Å². The van der Waals surface area contributed by atoms with Crippen molar-refractivity contribution in [3.05, 3.63) is 95.3 Å². The van der Waals surface area contributed by atoms with E-state index < -0.39 is 0 Å². The number of fused-ring (bicyclic) bond motifs is 3. The molecule has 1 aromatic heterocycles. The average Bonchev–Trinajstić information content (AvgIpc) is 3.40. The van der Waals surface area contributed by atoms with Gasteiger partial charge in [-0.1, -0.05) is 36.4 Å². The fourth-order valence-electron chi connectivity index (χ4n) is 5.53. The Kier molecular flexibility index (Phi) is 5.37. The third-order valence-corrected chi connectivity index (χ3v) is 7.26. The second-order valence-corrected chi connectivity index (χ2v) is 9.31. The van der Waals surface area contributed by atoms with Crippen molar-refractivity contribution in [3.8, 4) is 5.75 Å². The van der Waals surface area contributed by atoms with Crippen molar-refractivity contribution in [1.82, 2.24) is 0 Å². The van der Waals surface area contributed by atoms with Crippen molar-refractivity contribution >= 4 is 22.9 Å². The van der Waals surface area contributed by atoms with E-state index in [1.165, 1.54) is 29.6 Å². The van der Waals surface area contributed by atoms with E-state index in [4.69, 9.17) is 9.15 Å². The summed E-state index contributed by atoms with van der Waals surface area (Å²) in [6.45, 7) is 6.13. The summed E-state index contributed by atoms with van der Waals surface area (Å²) in [7, 11) is 0. The Morgan fingerprint density at radius 3 is 2.68 bits per heavy atom. The standard InChI is InChI=1S/C30H31N2O2/c1-3-31-25-9-5-7-11-27(25)33-29(31)19-21-13-15-23-16-14-22(18-24(23)17-21)20-30-32(4-2)26-10-6-8-12-28(26)34-30/h5-12,17-20,23H,3-4,13-16H2,1-2H3/q+1. The minimum Gasteiger partial charge on any atom is -0.439 e. The maximum Gasteiger partial charge on any atom is 0.374 e. The van der Waals surface area contributed by atoms with Crippen LogP contribution in [0.4, 0.5) is 5.69 Å². The third-order valence-electron chi connectivity index (χ3n) is 7.26. The van der Waals surface area contributed by atoms with Crippen LogP contribution in [0.15, 0.2) is 93.8 Å². The zero-order chi connectivity index (χ0) is 23.1. The molecular weight excluding hydrogens is 420 g/mol. The van der Waals surface area contributed by atoms with Gasteiger partial charge in [-0.3, -0.25) is 0 Å². The van der Waals surface area contributed by atoms with E-state index in [9.17, 15) is 0 Å². The number of hydrogen-bond acceptors (Lipinski definition) is 3. The average molecular weight is 452 g/mol. The molecule has 4 nitrogen and oxygen atoms in total. The lowest BCUT2D eigenvalue weighted by Crippen LogP contribution is -2.33. The Labute approximate surface area is 201 Å². The molecule has 3 aromatic rings. The van der Waals surface area contributed by atoms with Gasteiger partial charge in [-0.15, -0.1) is 0 Å². The van der Waals surface area contributed by atoms with Crippen molar-refractivity contribution in [3.63, 3.8) is 0 Å².